The minimum Gasteiger partial charge on any atom is -0.463 e. The average Bonchev–Trinajstić information content (AvgIpc) is 2.66. The minimum atomic E-state index is -0.552. The quantitative estimate of drug-likeness (QED) is 0.511. The Kier molecular flexibility index (Phi) is 3.61. The van der Waals surface area contributed by atoms with Crippen molar-refractivity contribution < 1.29 is 9.53 Å². The van der Waals surface area contributed by atoms with Gasteiger partial charge in [0.1, 0.15) is 6.33 Å². The molecule has 1 rings (SSSR count). The van der Waals surface area contributed by atoms with Crippen molar-refractivity contribution >= 4 is 5.97 Å². The van der Waals surface area contributed by atoms with E-state index in [0.29, 0.717) is 19.4 Å². The van der Waals surface area contributed by atoms with Gasteiger partial charge in [-0.1, -0.05) is 0 Å². The van der Waals surface area contributed by atoms with Crippen LogP contribution in [0.1, 0.15) is 23.5 Å². The molecule has 14 heavy (non-hydrogen) atoms. The van der Waals surface area contributed by atoms with E-state index in [1.165, 1.54) is 18.1 Å². The van der Waals surface area contributed by atoms with E-state index < -0.39 is 5.97 Å². The van der Waals surface area contributed by atoms with Crippen molar-refractivity contribution in [2.24, 2.45) is 0 Å². The molecule has 0 saturated carbocycles. The molecule has 0 aromatic carbocycles. The van der Waals surface area contributed by atoms with E-state index in [1.807, 2.05) is 6.07 Å². The van der Waals surface area contributed by atoms with Crippen molar-refractivity contribution in [3.63, 3.8) is 0 Å². The second kappa shape index (κ2) is 4.97. The molecule has 0 spiro atoms. The Morgan fingerprint density at radius 1 is 1.79 bits per heavy atom. The van der Waals surface area contributed by atoms with Gasteiger partial charge in [0.05, 0.1) is 13.2 Å². The fourth-order valence-electron chi connectivity index (χ4n) is 0.907. The molecule has 1 aromatic rings. The molecule has 0 saturated heterocycles. The van der Waals surface area contributed by atoms with Gasteiger partial charge in [-0.25, -0.2) is 9.78 Å². The Bertz CT molecular complexity index is 352. The van der Waals surface area contributed by atoms with Gasteiger partial charge in [0, 0.05) is 13.0 Å². The number of hydrogen-bond donors (Lipinski definition) is 0. The number of nitrogens with zero attached hydrogens (tertiary/aromatic N) is 4. The topological polar surface area (TPSA) is 80.8 Å². The minimum absolute atomic E-state index is 0.0458. The van der Waals surface area contributed by atoms with E-state index in [9.17, 15) is 4.79 Å². The third kappa shape index (κ3) is 2.55. The summed E-state index contributed by atoms with van der Waals surface area (Å²) in [6, 6.07) is 2.03. The molecule has 74 valence electrons. The van der Waals surface area contributed by atoms with Crippen molar-refractivity contribution in [2.45, 2.75) is 19.4 Å². The van der Waals surface area contributed by atoms with E-state index in [0.717, 1.165) is 0 Å². The zero-order chi connectivity index (χ0) is 10.4. The number of hydrogen-bond acceptors (Lipinski definition) is 5. The van der Waals surface area contributed by atoms with Gasteiger partial charge >= 0.3 is 5.97 Å². The van der Waals surface area contributed by atoms with Gasteiger partial charge in [0.2, 0.25) is 0 Å². The van der Waals surface area contributed by atoms with Crippen LogP contribution >= 0.6 is 0 Å². The van der Waals surface area contributed by atoms with Crippen LogP contribution in [-0.4, -0.2) is 27.8 Å². The number of carbonyl (C=O) groups excluding carboxylic acids is 1. The molecule has 0 atom stereocenters. The summed E-state index contributed by atoms with van der Waals surface area (Å²) in [4.78, 5) is 14.7. The molecule has 0 N–H and O–H groups in total. The molecule has 0 amide bonds. The SMILES string of the molecule is COC(=O)c1ncn(CCCC#N)n1. The first-order valence-corrected chi connectivity index (χ1v) is 4.12. The fraction of sp³-hybridized carbons (Fsp3) is 0.500. The molecule has 1 aromatic heterocycles. The summed E-state index contributed by atoms with van der Waals surface area (Å²) < 4.78 is 5.96. The Labute approximate surface area is 81.1 Å². The molecule has 0 radical (unpaired) electrons. The standard InChI is InChI=1S/C8H10N4O2/c1-14-8(13)7-10-6-12(11-7)5-3-2-4-9/h6H,2-3,5H2,1H3. The average molecular weight is 194 g/mol. The van der Waals surface area contributed by atoms with Gasteiger partial charge in [-0.3, -0.25) is 4.68 Å². The van der Waals surface area contributed by atoms with Gasteiger partial charge in [-0.15, -0.1) is 5.10 Å². The first kappa shape index (κ1) is 10.2. The Morgan fingerprint density at radius 3 is 3.21 bits per heavy atom. The number of methoxy groups -OCH3 is 1. The summed E-state index contributed by atoms with van der Waals surface area (Å²) in [5.74, 6) is -0.506. The van der Waals surface area contributed by atoms with E-state index in [-0.39, 0.29) is 5.82 Å². The predicted octanol–water partition coefficient (Wildman–Crippen LogP) is 0.368. The Hall–Kier alpha value is -1.90. The molecule has 0 unspecified atom stereocenters. The zero-order valence-electron chi connectivity index (χ0n) is 7.80. The molecule has 6 heteroatoms. The smallest absolute Gasteiger partial charge is 0.377 e. The zero-order valence-corrected chi connectivity index (χ0v) is 7.80. The number of nitriles is 1. The normalized spacial score (nSPS) is 9.43. The molecule has 6 nitrogen and oxygen atoms in total. The number of rotatable bonds is 4. The van der Waals surface area contributed by atoms with E-state index in [2.05, 4.69) is 14.8 Å². The highest BCUT2D eigenvalue weighted by Gasteiger charge is 2.10. The summed E-state index contributed by atoms with van der Waals surface area (Å²) in [5, 5.41) is 12.2. The summed E-state index contributed by atoms with van der Waals surface area (Å²) >= 11 is 0. The highest BCUT2D eigenvalue weighted by Crippen LogP contribution is 1.95. The Morgan fingerprint density at radius 2 is 2.57 bits per heavy atom. The lowest BCUT2D eigenvalue weighted by molar-refractivity contribution is 0.0586. The van der Waals surface area contributed by atoms with Gasteiger partial charge in [-0.2, -0.15) is 5.26 Å². The van der Waals surface area contributed by atoms with Crippen LogP contribution in [0.25, 0.3) is 0 Å². The summed E-state index contributed by atoms with van der Waals surface area (Å²) in [6.07, 6.45) is 2.61. The van der Waals surface area contributed by atoms with Crippen molar-refractivity contribution in [2.75, 3.05) is 7.11 Å². The van der Waals surface area contributed by atoms with Gasteiger partial charge in [0.15, 0.2) is 0 Å². The van der Waals surface area contributed by atoms with Crippen molar-refractivity contribution in [3.8, 4) is 6.07 Å². The van der Waals surface area contributed by atoms with Crippen LogP contribution in [0.5, 0.6) is 0 Å². The first-order valence-electron chi connectivity index (χ1n) is 4.12. The molecule has 0 aliphatic rings. The van der Waals surface area contributed by atoms with Crippen molar-refractivity contribution in [1.29, 1.82) is 5.26 Å². The molecule has 0 bridgehead atoms. The molecular weight excluding hydrogens is 184 g/mol. The molecule has 0 aliphatic carbocycles. The Balaban J connectivity index is 2.51. The van der Waals surface area contributed by atoms with Gasteiger partial charge in [-0.05, 0) is 6.42 Å². The van der Waals surface area contributed by atoms with Crippen LogP contribution in [-0.2, 0) is 11.3 Å². The maximum Gasteiger partial charge on any atom is 0.377 e. The molecule has 0 fully saturated rings. The van der Waals surface area contributed by atoms with Gasteiger partial charge < -0.3 is 4.74 Å². The van der Waals surface area contributed by atoms with E-state index in [4.69, 9.17) is 5.26 Å². The summed E-state index contributed by atoms with van der Waals surface area (Å²) in [5.41, 5.74) is 0. The third-order valence-electron chi connectivity index (χ3n) is 1.58. The summed E-state index contributed by atoms with van der Waals surface area (Å²) in [6.45, 7) is 0.581. The van der Waals surface area contributed by atoms with Crippen molar-refractivity contribution in [3.05, 3.63) is 12.2 Å². The van der Waals surface area contributed by atoms with Crippen LogP contribution in [0.2, 0.25) is 0 Å². The fourth-order valence-corrected chi connectivity index (χ4v) is 0.907. The number of ether oxygens (including phenoxy) is 1. The van der Waals surface area contributed by atoms with Crippen LogP contribution < -0.4 is 0 Å². The lowest BCUT2D eigenvalue weighted by Gasteiger charge is -1.95. The number of aromatic nitrogens is 3. The van der Waals surface area contributed by atoms with E-state index >= 15 is 0 Å². The predicted molar refractivity (Wildman–Crippen MR) is 46.2 cm³/mol. The number of unbranched alkanes of at least 4 members (excludes halogenated alkanes) is 1. The maximum atomic E-state index is 10.9. The van der Waals surface area contributed by atoms with Gasteiger partial charge in [0.25, 0.3) is 5.82 Å². The third-order valence-corrected chi connectivity index (χ3v) is 1.58. The number of esters is 1. The van der Waals surface area contributed by atoms with Crippen molar-refractivity contribution in [1.82, 2.24) is 14.8 Å². The molecular formula is C8H10N4O2. The molecule has 0 aliphatic heterocycles. The lowest BCUT2D eigenvalue weighted by Crippen LogP contribution is -2.06. The summed E-state index contributed by atoms with van der Waals surface area (Å²) in [7, 11) is 1.28. The lowest BCUT2D eigenvalue weighted by atomic mass is 10.3. The second-order valence-corrected chi connectivity index (χ2v) is 2.58. The first-order chi connectivity index (χ1) is 6.77. The number of aryl methyl sites for hydroxylation is 1. The van der Waals surface area contributed by atoms with Crippen LogP contribution in [0.3, 0.4) is 0 Å². The van der Waals surface area contributed by atoms with Crippen LogP contribution in [0, 0.1) is 11.3 Å². The maximum absolute atomic E-state index is 10.9. The highest BCUT2D eigenvalue weighted by molar-refractivity contribution is 5.84. The van der Waals surface area contributed by atoms with E-state index in [1.54, 1.807) is 0 Å². The highest BCUT2D eigenvalue weighted by atomic mass is 16.5. The van der Waals surface area contributed by atoms with Crippen LogP contribution in [0.4, 0.5) is 0 Å². The largest absolute Gasteiger partial charge is 0.463 e. The monoisotopic (exact) mass is 194 g/mol. The molecule has 1 heterocycles. The second-order valence-electron chi connectivity index (χ2n) is 2.58. The number of carbonyl (C=O) groups is 1. The van der Waals surface area contributed by atoms with Crippen LogP contribution in [0.15, 0.2) is 6.33 Å².